The molecule has 0 aliphatic heterocycles. The monoisotopic (exact) mass is 320 g/mol. The van der Waals surface area contributed by atoms with Crippen molar-refractivity contribution in [1.29, 1.82) is 0 Å². The van der Waals surface area contributed by atoms with Crippen LogP contribution in [0.4, 0.5) is 0 Å². The molecule has 0 spiro atoms. The minimum atomic E-state index is -0.0201. The van der Waals surface area contributed by atoms with Gasteiger partial charge in [0, 0.05) is 13.2 Å². The van der Waals surface area contributed by atoms with Gasteiger partial charge >= 0.3 is 0 Å². The molecule has 0 saturated carbocycles. The smallest absolute Gasteiger partial charge is 0.157 e. The Morgan fingerprint density at radius 2 is 1.52 bits per heavy atom. The highest BCUT2D eigenvalue weighted by molar-refractivity contribution is 5.21. The van der Waals surface area contributed by atoms with Gasteiger partial charge in [-0.3, -0.25) is 0 Å². The standard InChI is InChI=1S/C21H36O2/c1-4-7-10-11-12-13-14-15-18-21(22-19-16-8-5-2)23-20-17-9-6-3/h4,11-12,21H,1,5-6,8-9,13-20H2,2-3H3/b12-11-. The highest BCUT2D eigenvalue weighted by Crippen LogP contribution is 2.11. The molecule has 0 aromatic carbocycles. The molecule has 0 amide bonds. The molecule has 132 valence electrons. The first-order valence-electron chi connectivity index (χ1n) is 9.35. The molecule has 0 heterocycles. The van der Waals surface area contributed by atoms with E-state index in [0.29, 0.717) is 0 Å². The Morgan fingerprint density at radius 1 is 0.870 bits per heavy atom. The summed E-state index contributed by atoms with van der Waals surface area (Å²) in [5.41, 5.74) is 0. The summed E-state index contributed by atoms with van der Waals surface area (Å²) in [6.07, 6.45) is 17.1. The van der Waals surface area contributed by atoms with E-state index >= 15 is 0 Å². The maximum atomic E-state index is 5.91. The fraction of sp³-hybridized carbons (Fsp3) is 0.714. The van der Waals surface area contributed by atoms with Crippen LogP contribution in [-0.2, 0) is 9.47 Å². The van der Waals surface area contributed by atoms with Crippen molar-refractivity contribution in [2.45, 2.75) is 84.3 Å². The molecule has 0 unspecified atom stereocenters. The van der Waals surface area contributed by atoms with E-state index in [2.05, 4.69) is 38.3 Å². The number of ether oxygens (including phenoxy) is 2. The molecule has 23 heavy (non-hydrogen) atoms. The lowest BCUT2D eigenvalue weighted by Gasteiger charge is -2.18. The van der Waals surface area contributed by atoms with Gasteiger partial charge in [-0.25, -0.2) is 0 Å². The number of hydrogen-bond acceptors (Lipinski definition) is 2. The van der Waals surface area contributed by atoms with Crippen LogP contribution >= 0.6 is 0 Å². The molecule has 0 N–H and O–H groups in total. The van der Waals surface area contributed by atoms with Crippen molar-refractivity contribution in [2.24, 2.45) is 0 Å². The van der Waals surface area contributed by atoms with Crippen LogP contribution in [0.25, 0.3) is 0 Å². The Hall–Kier alpha value is -1.04. The van der Waals surface area contributed by atoms with Crippen molar-refractivity contribution >= 4 is 0 Å². The number of rotatable bonds is 15. The molecule has 0 aromatic heterocycles. The Labute approximate surface area is 144 Å². The first-order valence-corrected chi connectivity index (χ1v) is 9.35. The Morgan fingerprint density at radius 3 is 2.09 bits per heavy atom. The molecular formula is C21H36O2. The summed E-state index contributed by atoms with van der Waals surface area (Å²) >= 11 is 0. The summed E-state index contributed by atoms with van der Waals surface area (Å²) in [5, 5.41) is 0. The SMILES string of the molecule is C=CC#C/C=C\CCCCC(OCCCCC)OCCCCC. The lowest BCUT2D eigenvalue weighted by atomic mass is 10.2. The largest absolute Gasteiger partial charge is 0.353 e. The van der Waals surface area contributed by atoms with E-state index in [9.17, 15) is 0 Å². The molecule has 0 aliphatic rings. The van der Waals surface area contributed by atoms with E-state index in [-0.39, 0.29) is 6.29 Å². The predicted molar refractivity (Wildman–Crippen MR) is 100 cm³/mol. The fourth-order valence-corrected chi connectivity index (χ4v) is 2.17. The van der Waals surface area contributed by atoms with Crippen LogP contribution in [0.1, 0.15) is 78.1 Å². The maximum absolute atomic E-state index is 5.91. The van der Waals surface area contributed by atoms with E-state index in [0.717, 1.165) is 51.7 Å². The van der Waals surface area contributed by atoms with Gasteiger partial charge < -0.3 is 9.47 Å². The minimum Gasteiger partial charge on any atom is -0.353 e. The van der Waals surface area contributed by atoms with Crippen LogP contribution in [0.15, 0.2) is 24.8 Å². The first-order chi connectivity index (χ1) is 11.3. The highest BCUT2D eigenvalue weighted by Gasteiger charge is 2.08. The summed E-state index contributed by atoms with van der Waals surface area (Å²) < 4.78 is 11.8. The van der Waals surface area contributed by atoms with E-state index < -0.39 is 0 Å². The van der Waals surface area contributed by atoms with Gasteiger partial charge in [0.1, 0.15) is 0 Å². The zero-order valence-electron chi connectivity index (χ0n) is 15.3. The van der Waals surface area contributed by atoms with Crippen LogP contribution < -0.4 is 0 Å². The summed E-state index contributed by atoms with van der Waals surface area (Å²) in [6.45, 7) is 9.64. The molecule has 0 aromatic rings. The molecule has 0 atom stereocenters. The van der Waals surface area contributed by atoms with Gasteiger partial charge in [-0.05, 0) is 50.7 Å². The van der Waals surface area contributed by atoms with Crippen molar-refractivity contribution in [2.75, 3.05) is 13.2 Å². The van der Waals surface area contributed by atoms with E-state index in [1.165, 1.54) is 25.7 Å². The van der Waals surface area contributed by atoms with Crippen LogP contribution in [0, 0.1) is 11.8 Å². The molecular weight excluding hydrogens is 284 g/mol. The fourth-order valence-electron chi connectivity index (χ4n) is 2.17. The molecule has 2 nitrogen and oxygen atoms in total. The molecule has 0 saturated heterocycles. The summed E-state index contributed by atoms with van der Waals surface area (Å²) in [5.74, 6) is 5.73. The third-order valence-corrected chi connectivity index (χ3v) is 3.55. The quantitative estimate of drug-likeness (QED) is 0.208. The zero-order valence-corrected chi connectivity index (χ0v) is 15.3. The maximum Gasteiger partial charge on any atom is 0.157 e. The Bertz CT molecular complexity index is 323. The van der Waals surface area contributed by atoms with Gasteiger partial charge in [0.15, 0.2) is 6.29 Å². The third kappa shape index (κ3) is 17.2. The first kappa shape index (κ1) is 22.0. The van der Waals surface area contributed by atoms with Crippen LogP contribution in [0.5, 0.6) is 0 Å². The second kappa shape index (κ2) is 19.0. The Kier molecular flexibility index (Phi) is 18.1. The highest BCUT2D eigenvalue weighted by atomic mass is 16.7. The summed E-state index contributed by atoms with van der Waals surface area (Å²) in [6, 6.07) is 0. The van der Waals surface area contributed by atoms with Crippen molar-refractivity contribution in [1.82, 2.24) is 0 Å². The zero-order chi connectivity index (χ0) is 17.0. The van der Waals surface area contributed by atoms with Crippen molar-refractivity contribution in [3.63, 3.8) is 0 Å². The number of unbranched alkanes of at least 4 members (excludes halogenated alkanes) is 6. The average molecular weight is 321 g/mol. The molecule has 2 heteroatoms. The third-order valence-electron chi connectivity index (χ3n) is 3.55. The minimum absolute atomic E-state index is 0.0201. The molecule has 0 rings (SSSR count). The lowest BCUT2D eigenvalue weighted by Crippen LogP contribution is -2.19. The van der Waals surface area contributed by atoms with E-state index in [1.54, 1.807) is 6.08 Å². The lowest BCUT2D eigenvalue weighted by molar-refractivity contribution is -0.147. The van der Waals surface area contributed by atoms with Crippen molar-refractivity contribution < 1.29 is 9.47 Å². The van der Waals surface area contributed by atoms with Gasteiger partial charge in [0.25, 0.3) is 0 Å². The van der Waals surface area contributed by atoms with Gasteiger partial charge in [-0.15, -0.1) is 0 Å². The van der Waals surface area contributed by atoms with Crippen molar-refractivity contribution in [3.8, 4) is 11.8 Å². The average Bonchev–Trinajstić information content (AvgIpc) is 2.57. The number of hydrogen-bond donors (Lipinski definition) is 0. The second-order valence-corrected chi connectivity index (χ2v) is 5.76. The topological polar surface area (TPSA) is 18.5 Å². The van der Waals surface area contributed by atoms with Crippen LogP contribution in [-0.4, -0.2) is 19.5 Å². The molecule has 0 bridgehead atoms. The van der Waals surface area contributed by atoms with Crippen molar-refractivity contribution in [3.05, 3.63) is 24.8 Å². The van der Waals surface area contributed by atoms with E-state index in [1.807, 2.05) is 6.08 Å². The Balaban J connectivity index is 3.84. The van der Waals surface area contributed by atoms with Gasteiger partial charge in [0.05, 0.1) is 0 Å². The summed E-state index contributed by atoms with van der Waals surface area (Å²) in [7, 11) is 0. The van der Waals surface area contributed by atoms with E-state index in [4.69, 9.17) is 9.47 Å². The van der Waals surface area contributed by atoms with Gasteiger partial charge in [-0.2, -0.15) is 0 Å². The summed E-state index contributed by atoms with van der Waals surface area (Å²) in [4.78, 5) is 0. The predicted octanol–water partition coefficient (Wildman–Crippen LogP) is 6.03. The second-order valence-electron chi connectivity index (χ2n) is 5.76. The van der Waals surface area contributed by atoms with Crippen LogP contribution in [0.2, 0.25) is 0 Å². The molecule has 0 radical (unpaired) electrons. The van der Waals surface area contributed by atoms with Gasteiger partial charge in [0.2, 0.25) is 0 Å². The van der Waals surface area contributed by atoms with Crippen LogP contribution in [0.3, 0.4) is 0 Å². The number of allylic oxidation sites excluding steroid dienone is 3. The normalized spacial score (nSPS) is 10.9. The van der Waals surface area contributed by atoms with Gasteiger partial charge in [-0.1, -0.05) is 64.0 Å². The molecule has 0 aliphatic carbocycles. The molecule has 0 fully saturated rings.